The first-order valence-electron chi connectivity index (χ1n) is 11.1. The normalized spacial score (nSPS) is 14.9. The van der Waals surface area contributed by atoms with E-state index in [1.54, 1.807) is 25.1 Å². The Balaban J connectivity index is 1.78. The lowest BCUT2D eigenvalue weighted by atomic mass is 10.1. The van der Waals surface area contributed by atoms with E-state index >= 15 is 0 Å². The number of para-hydroxylation sites is 1. The van der Waals surface area contributed by atoms with Gasteiger partial charge in [0.2, 0.25) is 0 Å². The molecule has 0 spiro atoms. The van der Waals surface area contributed by atoms with Crippen molar-refractivity contribution in [2.75, 3.05) is 18.5 Å². The first-order chi connectivity index (χ1) is 16.5. The number of carbonyl (C=O) groups is 2. The first kappa shape index (κ1) is 23.1. The van der Waals surface area contributed by atoms with E-state index in [9.17, 15) is 14.4 Å². The van der Waals surface area contributed by atoms with Crippen molar-refractivity contribution < 1.29 is 28.2 Å². The number of hydrogen-bond donors (Lipinski definition) is 1. The third kappa shape index (κ3) is 4.80. The van der Waals surface area contributed by atoms with Crippen LogP contribution in [0.4, 0.5) is 5.69 Å². The molecule has 34 heavy (non-hydrogen) atoms. The molecule has 2 heterocycles. The van der Waals surface area contributed by atoms with Crippen LogP contribution in [0.3, 0.4) is 0 Å². The van der Waals surface area contributed by atoms with Crippen molar-refractivity contribution in [3.05, 3.63) is 75.7 Å². The molecule has 3 aromatic rings. The van der Waals surface area contributed by atoms with Crippen LogP contribution in [0.1, 0.15) is 31.4 Å². The topological polar surface area (TPSA) is 104 Å². The smallest absolute Gasteiger partial charge is 0.345 e. The molecule has 1 aliphatic heterocycles. The molecule has 0 bridgehead atoms. The van der Waals surface area contributed by atoms with E-state index in [4.69, 9.17) is 18.6 Å². The largest absolute Gasteiger partial charge is 0.490 e. The van der Waals surface area contributed by atoms with Crippen molar-refractivity contribution in [3.8, 4) is 5.75 Å². The lowest BCUT2D eigenvalue weighted by Gasteiger charge is -2.19. The Morgan fingerprint density at radius 2 is 1.82 bits per heavy atom. The minimum Gasteiger partial charge on any atom is -0.490 e. The number of rotatable bonds is 7. The molecular weight excluding hydrogens is 438 g/mol. The summed E-state index contributed by atoms with van der Waals surface area (Å²) in [5.74, 6) is -0.764. The molecule has 176 valence electrons. The monoisotopic (exact) mass is 463 g/mol. The molecule has 1 N–H and O–H groups in total. The van der Waals surface area contributed by atoms with Crippen molar-refractivity contribution in [2.45, 2.75) is 32.9 Å². The number of esters is 2. The summed E-state index contributed by atoms with van der Waals surface area (Å²) >= 11 is 0. The molecule has 1 aliphatic rings. The van der Waals surface area contributed by atoms with Gasteiger partial charge in [-0.05, 0) is 37.6 Å². The van der Waals surface area contributed by atoms with Gasteiger partial charge in [-0.2, -0.15) is 0 Å². The highest BCUT2D eigenvalue weighted by atomic mass is 16.5. The number of fused-ring (bicyclic) bond motifs is 3. The van der Waals surface area contributed by atoms with E-state index in [0.717, 1.165) is 5.56 Å². The number of anilines is 1. The minimum atomic E-state index is -0.905. The quantitative estimate of drug-likeness (QED) is 0.413. The van der Waals surface area contributed by atoms with Gasteiger partial charge in [0, 0.05) is 17.4 Å². The zero-order valence-electron chi connectivity index (χ0n) is 19.0. The summed E-state index contributed by atoms with van der Waals surface area (Å²) in [7, 11) is 0. The maximum atomic E-state index is 13.0. The van der Waals surface area contributed by atoms with Crippen molar-refractivity contribution in [2.24, 2.45) is 0 Å². The molecule has 0 radical (unpaired) electrons. The molecule has 0 saturated heterocycles. The molecule has 0 amide bonds. The Kier molecular flexibility index (Phi) is 6.96. The molecule has 1 atom stereocenters. The van der Waals surface area contributed by atoms with Crippen LogP contribution in [0.15, 0.2) is 63.3 Å². The molecule has 1 unspecified atom stereocenters. The van der Waals surface area contributed by atoms with Gasteiger partial charge >= 0.3 is 17.6 Å². The van der Waals surface area contributed by atoms with Gasteiger partial charge in [0.15, 0.2) is 11.3 Å². The van der Waals surface area contributed by atoms with E-state index in [0.29, 0.717) is 23.4 Å². The summed E-state index contributed by atoms with van der Waals surface area (Å²) in [5, 5.41) is 3.65. The molecule has 8 nitrogen and oxygen atoms in total. The predicted octanol–water partition coefficient (Wildman–Crippen LogP) is 4.07. The predicted molar refractivity (Wildman–Crippen MR) is 127 cm³/mol. The van der Waals surface area contributed by atoms with Crippen LogP contribution in [0.25, 0.3) is 17.0 Å². The van der Waals surface area contributed by atoms with Crippen molar-refractivity contribution in [1.29, 1.82) is 0 Å². The van der Waals surface area contributed by atoms with Crippen LogP contribution in [0.2, 0.25) is 0 Å². The van der Waals surface area contributed by atoms with Crippen LogP contribution in [0, 0.1) is 0 Å². The average Bonchev–Trinajstić information content (AvgIpc) is 3.05. The van der Waals surface area contributed by atoms with Crippen LogP contribution < -0.4 is 15.7 Å². The van der Waals surface area contributed by atoms with Gasteiger partial charge in [-0.15, -0.1) is 0 Å². The van der Waals surface area contributed by atoms with Crippen LogP contribution in [-0.2, 0) is 25.7 Å². The van der Waals surface area contributed by atoms with Crippen LogP contribution >= 0.6 is 0 Å². The molecule has 8 heteroatoms. The molecular formula is C26H25NO7. The standard InChI is InChI=1S/C26H25NO7/c1-3-31-21-12-8-11-18-22-19(25(29)34-23(18)21)13-17(14-20(27-22)26(30)32-4-2)24(28)33-15-16-9-6-5-7-10-16/h5-13,20,27H,3-4,14-15H2,1-2H3. The third-order valence-corrected chi connectivity index (χ3v) is 5.34. The Morgan fingerprint density at radius 3 is 2.56 bits per heavy atom. The van der Waals surface area contributed by atoms with Crippen LogP contribution in [-0.4, -0.2) is 31.2 Å². The summed E-state index contributed by atoms with van der Waals surface area (Å²) in [5.41, 5.74) is 1.07. The fraction of sp³-hybridized carbons (Fsp3) is 0.269. The van der Waals surface area contributed by atoms with E-state index in [1.807, 2.05) is 37.3 Å². The Labute approximate surface area is 196 Å². The summed E-state index contributed by atoms with van der Waals surface area (Å²) in [6.07, 6.45) is 1.40. The Hall–Kier alpha value is -4.07. The average molecular weight is 463 g/mol. The highest BCUT2D eigenvalue weighted by Crippen LogP contribution is 2.35. The number of carbonyl (C=O) groups excluding carboxylic acids is 2. The van der Waals surface area contributed by atoms with Gasteiger partial charge in [0.25, 0.3) is 0 Å². The highest BCUT2D eigenvalue weighted by molar-refractivity contribution is 6.03. The molecule has 4 rings (SSSR count). The van der Waals surface area contributed by atoms with Gasteiger partial charge in [-0.25, -0.2) is 14.4 Å². The summed E-state index contributed by atoms with van der Waals surface area (Å²) < 4.78 is 21.8. The molecule has 0 aliphatic carbocycles. The van der Waals surface area contributed by atoms with Crippen molar-refractivity contribution in [1.82, 2.24) is 0 Å². The van der Waals surface area contributed by atoms with E-state index in [2.05, 4.69) is 5.32 Å². The lowest BCUT2D eigenvalue weighted by molar-refractivity contribution is -0.144. The maximum Gasteiger partial charge on any atom is 0.345 e. The third-order valence-electron chi connectivity index (χ3n) is 5.34. The van der Waals surface area contributed by atoms with E-state index < -0.39 is 23.6 Å². The number of hydrogen-bond acceptors (Lipinski definition) is 8. The number of benzene rings is 2. The van der Waals surface area contributed by atoms with E-state index in [1.165, 1.54) is 6.08 Å². The van der Waals surface area contributed by atoms with Gasteiger partial charge in [-0.3, -0.25) is 0 Å². The first-order valence-corrected chi connectivity index (χ1v) is 11.1. The summed E-state index contributed by atoms with van der Waals surface area (Å²) in [6, 6.07) is 13.5. The zero-order chi connectivity index (χ0) is 24.1. The minimum absolute atomic E-state index is 0.0206. The summed E-state index contributed by atoms with van der Waals surface area (Å²) in [4.78, 5) is 38.6. The Bertz CT molecular complexity index is 1290. The Morgan fingerprint density at radius 1 is 1.03 bits per heavy atom. The van der Waals surface area contributed by atoms with Gasteiger partial charge in [0.1, 0.15) is 12.6 Å². The number of ether oxygens (including phenoxy) is 3. The molecule has 1 aromatic heterocycles. The van der Waals surface area contributed by atoms with Gasteiger partial charge in [-0.1, -0.05) is 36.4 Å². The second kappa shape index (κ2) is 10.2. The maximum absolute atomic E-state index is 13.0. The van der Waals surface area contributed by atoms with Crippen molar-refractivity contribution in [3.63, 3.8) is 0 Å². The molecule has 0 saturated carbocycles. The molecule has 2 aromatic carbocycles. The van der Waals surface area contributed by atoms with Crippen LogP contribution in [0.5, 0.6) is 5.75 Å². The molecule has 0 fully saturated rings. The van der Waals surface area contributed by atoms with Crippen molar-refractivity contribution >= 4 is 34.7 Å². The number of nitrogens with one attached hydrogen (secondary N) is 1. The highest BCUT2D eigenvalue weighted by Gasteiger charge is 2.31. The fourth-order valence-electron chi connectivity index (χ4n) is 3.79. The van der Waals surface area contributed by atoms with E-state index in [-0.39, 0.29) is 36.4 Å². The SMILES string of the molecule is CCOC(=O)C1CC(C(=O)OCc2ccccc2)=Cc2c(c3cccc(OCC)c3oc2=O)N1. The summed E-state index contributed by atoms with van der Waals surface area (Å²) in [6.45, 7) is 4.15. The zero-order valence-corrected chi connectivity index (χ0v) is 19.0. The second-order valence-electron chi connectivity index (χ2n) is 7.63. The second-order valence-corrected chi connectivity index (χ2v) is 7.63. The van der Waals surface area contributed by atoms with Gasteiger partial charge < -0.3 is 23.9 Å². The fourth-order valence-corrected chi connectivity index (χ4v) is 3.79. The lowest BCUT2D eigenvalue weighted by Crippen LogP contribution is -2.32. The van der Waals surface area contributed by atoms with Gasteiger partial charge in [0.05, 0.1) is 24.5 Å².